The fraction of sp³-hybridized carbons (Fsp3) is 0.162. The second kappa shape index (κ2) is 9.81. The Hall–Kier alpha value is -5.03. The molecular formula is C37H31N5. The van der Waals surface area contributed by atoms with Crippen molar-refractivity contribution in [3.63, 3.8) is 0 Å². The van der Waals surface area contributed by atoms with Gasteiger partial charge < -0.3 is 0 Å². The van der Waals surface area contributed by atoms with Crippen molar-refractivity contribution in [1.82, 2.24) is 24.9 Å². The molecule has 204 valence electrons. The van der Waals surface area contributed by atoms with E-state index in [9.17, 15) is 0 Å². The Morgan fingerprint density at radius 1 is 0.405 bits per heavy atom. The van der Waals surface area contributed by atoms with Crippen LogP contribution >= 0.6 is 0 Å². The van der Waals surface area contributed by atoms with Crippen molar-refractivity contribution in [2.45, 2.75) is 38.5 Å². The van der Waals surface area contributed by atoms with E-state index in [1.807, 2.05) is 48.5 Å². The lowest BCUT2D eigenvalue weighted by Gasteiger charge is -2.28. The highest BCUT2D eigenvalue weighted by Crippen LogP contribution is 2.38. The first kappa shape index (κ1) is 25.9. The topological polar surface area (TPSA) is 64.5 Å². The summed E-state index contributed by atoms with van der Waals surface area (Å²) in [7, 11) is 0. The number of benzene rings is 4. The van der Waals surface area contributed by atoms with Crippen LogP contribution in [0.25, 0.3) is 45.4 Å². The molecule has 3 heterocycles. The molecule has 0 N–H and O–H groups in total. The molecule has 4 aromatic carbocycles. The molecule has 1 aliphatic rings. The second-order valence-electron chi connectivity index (χ2n) is 11.9. The Morgan fingerprint density at radius 2 is 0.905 bits per heavy atom. The Bertz CT molecular complexity index is 1790. The van der Waals surface area contributed by atoms with E-state index in [0.29, 0.717) is 23.3 Å². The van der Waals surface area contributed by atoms with E-state index in [1.54, 1.807) is 0 Å². The zero-order valence-corrected chi connectivity index (χ0v) is 24.2. The molecule has 6 aromatic rings. The van der Waals surface area contributed by atoms with E-state index in [0.717, 1.165) is 33.6 Å². The van der Waals surface area contributed by atoms with Gasteiger partial charge in [-0.3, -0.25) is 0 Å². The smallest absolute Gasteiger partial charge is 0.163 e. The van der Waals surface area contributed by atoms with Crippen LogP contribution in [-0.4, -0.2) is 24.9 Å². The first-order valence-corrected chi connectivity index (χ1v) is 14.3. The average molecular weight is 546 g/mol. The van der Waals surface area contributed by atoms with E-state index in [1.165, 1.54) is 11.1 Å². The monoisotopic (exact) mass is 545 g/mol. The van der Waals surface area contributed by atoms with Crippen LogP contribution in [0, 0.1) is 0 Å². The molecule has 8 bridgehead atoms. The van der Waals surface area contributed by atoms with Gasteiger partial charge in [-0.25, -0.2) is 24.9 Å². The van der Waals surface area contributed by atoms with Gasteiger partial charge in [0.2, 0.25) is 0 Å². The first-order valence-electron chi connectivity index (χ1n) is 14.3. The number of rotatable bonds is 2. The molecule has 7 rings (SSSR count). The maximum absolute atomic E-state index is 5.19. The van der Waals surface area contributed by atoms with Gasteiger partial charge in [-0.1, -0.05) is 111 Å². The molecule has 0 fully saturated rings. The molecular weight excluding hydrogens is 514 g/mol. The predicted octanol–water partition coefficient (Wildman–Crippen LogP) is 8.29. The summed E-state index contributed by atoms with van der Waals surface area (Å²) in [5.74, 6) is 2.63. The maximum Gasteiger partial charge on any atom is 0.163 e. The van der Waals surface area contributed by atoms with Crippen LogP contribution in [0.4, 0.5) is 0 Å². The van der Waals surface area contributed by atoms with Crippen LogP contribution in [0.5, 0.6) is 0 Å². The van der Waals surface area contributed by atoms with Gasteiger partial charge in [0.25, 0.3) is 0 Å². The fourth-order valence-electron chi connectivity index (χ4n) is 5.53. The van der Waals surface area contributed by atoms with Gasteiger partial charge in [0, 0.05) is 27.7 Å². The van der Waals surface area contributed by atoms with E-state index in [2.05, 4.69) is 94.4 Å². The van der Waals surface area contributed by atoms with Crippen LogP contribution in [0.1, 0.15) is 50.3 Å². The van der Waals surface area contributed by atoms with Gasteiger partial charge in [0.15, 0.2) is 17.5 Å². The third-order valence-electron chi connectivity index (χ3n) is 8.35. The normalized spacial score (nSPS) is 14.6. The minimum Gasteiger partial charge on any atom is -0.232 e. The number of fused-ring (bicyclic) bond motifs is 10. The van der Waals surface area contributed by atoms with Crippen LogP contribution in [0.15, 0.2) is 115 Å². The Morgan fingerprint density at radius 3 is 1.50 bits per heavy atom. The lowest BCUT2D eigenvalue weighted by Crippen LogP contribution is -2.26. The lowest BCUT2D eigenvalue weighted by atomic mass is 9.77. The summed E-state index contributed by atoms with van der Waals surface area (Å²) in [6.07, 6.45) is 0. The van der Waals surface area contributed by atoms with Crippen LogP contribution in [0.3, 0.4) is 0 Å². The third kappa shape index (κ3) is 4.47. The molecule has 0 spiro atoms. The van der Waals surface area contributed by atoms with Crippen LogP contribution in [-0.2, 0) is 10.8 Å². The number of hydrogen-bond acceptors (Lipinski definition) is 5. The van der Waals surface area contributed by atoms with E-state index < -0.39 is 5.41 Å². The maximum atomic E-state index is 5.19. The second-order valence-corrected chi connectivity index (χ2v) is 11.9. The summed E-state index contributed by atoms with van der Waals surface area (Å²) in [6, 6.07) is 39.6. The van der Waals surface area contributed by atoms with Crippen molar-refractivity contribution in [1.29, 1.82) is 0 Å². The van der Waals surface area contributed by atoms with Gasteiger partial charge in [-0.05, 0) is 43.2 Å². The van der Waals surface area contributed by atoms with E-state index in [-0.39, 0.29) is 5.41 Å². The lowest BCUT2D eigenvalue weighted by molar-refractivity contribution is 0.568. The molecule has 0 radical (unpaired) electrons. The number of nitrogens with zero attached hydrogens (tertiary/aromatic N) is 5. The molecule has 0 amide bonds. The Kier molecular flexibility index (Phi) is 6.05. The van der Waals surface area contributed by atoms with Gasteiger partial charge in [0.1, 0.15) is 5.82 Å². The highest BCUT2D eigenvalue weighted by atomic mass is 15.1. The van der Waals surface area contributed by atoms with E-state index in [4.69, 9.17) is 24.9 Å². The minimum atomic E-state index is -0.652. The molecule has 42 heavy (non-hydrogen) atoms. The van der Waals surface area contributed by atoms with Gasteiger partial charge >= 0.3 is 0 Å². The van der Waals surface area contributed by atoms with E-state index >= 15 is 0 Å². The molecule has 0 saturated carbocycles. The van der Waals surface area contributed by atoms with Gasteiger partial charge in [-0.15, -0.1) is 0 Å². The zero-order chi connectivity index (χ0) is 28.9. The summed E-state index contributed by atoms with van der Waals surface area (Å²) >= 11 is 0. The molecule has 0 atom stereocenters. The summed E-state index contributed by atoms with van der Waals surface area (Å²) in [4.78, 5) is 25.5. The van der Waals surface area contributed by atoms with Crippen LogP contribution < -0.4 is 0 Å². The van der Waals surface area contributed by atoms with Crippen molar-refractivity contribution in [2.24, 2.45) is 0 Å². The molecule has 0 saturated heterocycles. The Labute approximate surface area is 246 Å². The quantitative estimate of drug-likeness (QED) is 0.219. The molecule has 5 heteroatoms. The average Bonchev–Trinajstić information content (AvgIpc) is 3.05. The molecule has 0 aliphatic carbocycles. The van der Waals surface area contributed by atoms with Crippen molar-refractivity contribution in [3.8, 4) is 45.4 Å². The minimum absolute atomic E-state index is 0.284. The highest BCUT2D eigenvalue weighted by Gasteiger charge is 2.32. The molecule has 1 aliphatic heterocycles. The van der Waals surface area contributed by atoms with Crippen molar-refractivity contribution in [2.75, 3.05) is 0 Å². The number of hydrogen-bond donors (Lipinski definition) is 0. The first-order chi connectivity index (χ1) is 20.3. The van der Waals surface area contributed by atoms with Crippen molar-refractivity contribution in [3.05, 3.63) is 138 Å². The summed E-state index contributed by atoms with van der Waals surface area (Å²) in [6.45, 7) is 8.76. The Balaban J connectivity index is 1.57. The molecule has 5 nitrogen and oxygen atoms in total. The predicted molar refractivity (Wildman–Crippen MR) is 168 cm³/mol. The molecule has 2 aromatic heterocycles. The third-order valence-corrected chi connectivity index (χ3v) is 8.35. The largest absolute Gasteiger partial charge is 0.232 e. The van der Waals surface area contributed by atoms with Crippen molar-refractivity contribution >= 4 is 0 Å². The zero-order valence-electron chi connectivity index (χ0n) is 24.2. The summed E-state index contributed by atoms with van der Waals surface area (Å²) in [5.41, 5.74) is 7.05. The number of aromatic nitrogens is 5. The standard InChI is InChI=1S/C37H31N5/c1-36(2)28-19-11-17-26(21-28)33-38-30(24-13-7-5-8-14-24)23-31(39-33)37(3,4)35-41-32(25-15-9-6-10-16-25)40-34(42-35)27-18-12-20-29(36)22-27/h5-23H,1-4H3. The van der Waals surface area contributed by atoms with Crippen LogP contribution in [0.2, 0.25) is 0 Å². The van der Waals surface area contributed by atoms with Gasteiger partial charge in [-0.2, -0.15) is 0 Å². The highest BCUT2D eigenvalue weighted by molar-refractivity contribution is 5.67. The summed E-state index contributed by atoms with van der Waals surface area (Å²) < 4.78 is 0. The summed E-state index contributed by atoms with van der Waals surface area (Å²) in [5, 5.41) is 0. The van der Waals surface area contributed by atoms with Crippen molar-refractivity contribution < 1.29 is 0 Å². The molecule has 0 unspecified atom stereocenters. The SMILES string of the molecule is CC1(C)c2cccc(c2)-c2nc(-c3ccccc3)cc(n2)C(C)(C)c2nc(-c3ccccc3)nc(n2)-c2cccc1c2. The fourth-order valence-corrected chi connectivity index (χ4v) is 5.53. The van der Waals surface area contributed by atoms with Gasteiger partial charge in [0.05, 0.1) is 16.8 Å².